The van der Waals surface area contributed by atoms with Gasteiger partial charge in [-0.15, -0.1) is 11.6 Å². The molecule has 0 radical (unpaired) electrons. The van der Waals surface area contributed by atoms with Crippen LogP contribution in [0.25, 0.3) is 0 Å². The fraction of sp³-hybridized carbons (Fsp3) is 0.273. The molecule has 1 rings (SSSR count). The molecular weight excluding hydrogens is 228 g/mol. The number of aryl methyl sites for hydroxylation is 1. The lowest BCUT2D eigenvalue weighted by Gasteiger charge is -2.07. The number of rotatable bonds is 3. The summed E-state index contributed by atoms with van der Waals surface area (Å²) in [5.41, 5.74) is 2.10. The molecule has 5 heteroatoms. The van der Waals surface area contributed by atoms with Crippen molar-refractivity contribution in [1.29, 1.82) is 0 Å². The molecule has 0 aliphatic heterocycles. The van der Waals surface area contributed by atoms with Crippen molar-refractivity contribution in [3.05, 3.63) is 35.4 Å². The van der Waals surface area contributed by atoms with E-state index in [1.165, 1.54) is 0 Å². The highest BCUT2D eigenvalue weighted by Gasteiger charge is 2.05. The number of amides is 3. The Labute approximate surface area is 99.0 Å². The van der Waals surface area contributed by atoms with Gasteiger partial charge < -0.3 is 5.32 Å². The molecule has 1 aromatic rings. The molecule has 86 valence electrons. The molecule has 0 spiro atoms. The van der Waals surface area contributed by atoms with Gasteiger partial charge in [0, 0.05) is 6.54 Å². The smallest absolute Gasteiger partial charge is 0.321 e. The summed E-state index contributed by atoms with van der Waals surface area (Å²) in [6.07, 6.45) is 0. The lowest BCUT2D eigenvalue weighted by atomic mass is 10.1. The van der Waals surface area contributed by atoms with Crippen molar-refractivity contribution in [3.63, 3.8) is 0 Å². The SMILES string of the molecule is Cc1ccccc1CNC(=O)NC(=O)CCl. The van der Waals surface area contributed by atoms with Gasteiger partial charge in [0.1, 0.15) is 5.88 Å². The Morgan fingerprint density at radius 3 is 2.62 bits per heavy atom. The number of hydrogen-bond acceptors (Lipinski definition) is 2. The first kappa shape index (κ1) is 12.5. The topological polar surface area (TPSA) is 58.2 Å². The number of alkyl halides is 1. The van der Waals surface area contributed by atoms with Crippen LogP contribution in [0.15, 0.2) is 24.3 Å². The second-order valence-electron chi connectivity index (χ2n) is 3.29. The fourth-order valence-corrected chi connectivity index (χ4v) is 1.25. The molecule has 0 aromatic heterocycles. The molecule has 0 bridgehead atoms. The van der Waals surface area contributed by atoms with Gasteiger partial charge in [0.2, 0.25) is 5.91 Å². The van der Waals surface area contributed by atoms with Crippen molar-refractivity contribution in [2.75, 3.05) is 5.88 Å². The van der Waals surface area contributed by atoms with Gasteiger partial charge >= 0.3 is 6.03 Å². The summed E-state index contributed by atoms with van der Waals surface area (Å²) in [5.74, 6) is -0.735. The van der Waals surface area contributed by atoms with Crippen molar-refractivity contribution in [3.8, 4) is 0 Å². The van der Waals surface area contributed by atoms with E-state index in [4.69, 9.17) is 11.6 Å². The molecule has 0 heterocycles. The van der Waals surface area contributed by atoms with Crippen LogP contribution in [0.4, 0.5) is 4.79 Å². The molecule has 0 aliphatic rings. The minimum atomic E-state index is -0.533. The molecule has 0 atom stereocenters. The van der Waals surface area contributed by atoms with Gasteiger partial charge in [-0.2, -0.15) is 0 Å². The molecule has 0 saturated carbocycles. The number of nitrogens with one attached hydrogen (secondary N) is 2. The molecule has 1 aromatic carbocycles. The Morgan fingerprint density at radius 2 is 2.00 bits per heavy atom. The third kappa shape index (κ3) is 3.90. The van der Waals surface area contributed by atoms with E-state index in [-0.39, 0.29) is 5.88 Å². The van der Waals surface area contributed by atoms with Crippen molar-refractivity contribution in [1.82, 2.24) is 10.6 Å². The summed E-state index contributed by atoms with van der Waals surface area (Å²) < 4.78 is 0. The minimum absolute atomic E-state index is 0.224. The number of benzene rings is 1. The normalized spacial score (nSPS) is 9.62. The monoisotopic (exact) mass is 240 g/mol. The fourth-order valence-electron chi connectivity index (χ4n) is 1.19. The van der Waals surface area contributed by atoms with Crippen LogP contribution in [0.3, 0.4) is 0 Å². The summed E-state index contributed by atoms with van der Waals surface area (Å²) in [6.45, 7) is 2.34. The molecule has 0 saturated heterocycles. The number of halogens is 1. The molecule has 0 unspecified atom stereocenters. The summed E-state index contributed by atoms with van der Waals surface area (Å²) in [5, 5.41) is 4.67. The number of urea groups is 1. The molecule has 2 N–H and O–H groups in total. The lowest BCUT2D eigenvalue weighted by molar-refractivity contribution is -0.117. The summed E-state index contributed by atoms with van der Waals surface area (Å²) in [6, 6.07) is 7.16. The highest BCUT2D eigenvalue weighted by Crippen LogP contribution is 2.05. The van der Waals surface area contributed by atoms with Crippen molar-refractivity contribution >= 4 is 23.5 Å². The molecular formula is C11H13ClN2O2. The maximum absolute atomic E-state index is 11.2. The number of imide groups is 1. The Morgan fingerprint density at radius 1 is 1.31 bits per heavy atom. The predicted octanol–water partition coefficient (Wildman–Crippen LogP) is 1.56. The van der Waals surface area contributed by atoms with Crippen molar-refractivity contribution in [2.45, 2.75) is 13.5 Å². The number of carbonyl (C=O) groups excluding carboxylic acids is 2. The Balaban J connectivity index is 2.43. The van der Waals surface area contributed by atoms with E-state index >= 15 is 0 Å². The van der Waals surface area contributed by atoms with Gasteiger partial charge in [-0.3, -0.25) is 10.1 Å². The second kappa shape index (κ2) is 6.12. The summed E-state index contributed by atoms with van der Waals surface area (Å²) >= 11 is 5.25. The zero-order valence-corrected chi connectivity index (χ0v) is 9.67. The maximum Gasteiger partial charge on any atom is 0.321 e. The van der Waals surface area contributed by atoms with Gasteiger partial charge in [0.15, 0.2) is 0 Å². The number of carbonyl (C=O) groups is 2. The number of hydrogen-bond donors (Lipinski definition) is 2. The Kier molecular flexibility index (Phi) is 4.79. The quantitative estimate of drug-likeness (QED) is 0.788. The standard InChI is InChI=1S/C11H13ClN2O2/c1-8-4-2-3-5-9(8)7-13-11(16)14-10(15)6-12/h2-5H,6-7H2,1H3,(H2,13,14,15,16). The average molecular weight is 241 g/mol. The predicted molar refractivity (Wildman–Crippen MR) is 62.3 cm³/mol. The zero-order chi connectivity index (χ0) is 12.0. The van der Waals surface area contributed by atoms with Crippen LogP contribution in [-0.4, -0.2) is 17.8 Å². The molecule has 0 fully saturated rings. The van der Waals surface area contributed by atoms with E-state index < -0.39 is 11.9 Å². The maximum atomic E-state index is 11.2. The van der Waals surface area contributed by atoms with E-state index in [9.17, 15) is 9.59 Å². The van der Waals surface area contributed by atoms with Gasteiger partial charge in [-0.25, -0.2) is 4.79 Å². The van der Waals surface area contributed by atoms with Crippen LogP contribution in [0, 0.1) is 6.92 Å². The van der Waals surface area contributed by atoms with Crippen LogP contribution in [-0.2, 0) is 11.3 Å². The first-order chi connectivity index (χ1) is 7.63. The van der Waals surface area contributed by atoms with Crippen LogP contribution in [0.1, 0.15) is 11.1 Å². The van der Waals surface area contributed by atoms with Gasteiger partial charge in [-0.05, 0) is 18.1 Å². The third-order valence-corrected chi connectivity index (χ3v) is 2.32. The molecule has 3 amide bonds. The van der Waals surface area contributed by atoms with E-state index in [0.29, 0.717) is 6.54 Å². The van der Waals surface area contributed by atoms with Gasteiger partial charge in [0.25, 0.3) is 0 Å². The van der Waals surface area contributed by atoms with E-state index in [1.807, 2.05) is 31.2 Å². The van der Waals surface area contributed by atoms with Crippen molar-refractivity contribution in [2.24, 2.45) is 0 Å². The molecule has 4 nitrogen and oxygen atoms in total. The highest BCUT2D eigenvalue weighted by atomic mass is 35.5. The van der Waals surface area contributed by atoms with Crippen LogP contribution >= 0.6 is 11.6 Å². The van der Waals surface area contributed by atoms with E-state index in [2.05, 4.69) is 10.6 Å². The van der Waals surface area contributed by atoms with Crippen LogP contribution in [0.2, 0.25) is 0 Å². The zero-order valence-electron chi connectivity index (χ0n) is 8.92. The largest absolute Gasteiger partial charge is 0.334 e. The van der Waals surface area contributed by atoms with E-state index in [0.717, 1.165) is 11.1 Å². The Bertz CT molecular complexity index is 393. The highest BCUT2D eigenvalue weighted by molar-refractivity contribution is 6.28. The first-order valence-electron chi connectivity index (χ1n) is 4.81. The second-order valence-corrected chi connectivity index (χ2v) is 3.56. The van der Waals surface area contributed by atoms with Crippen molar-refractivity contribution < 1.29 is 9.59 Å². The first-order valence-corrected chi connectivity index (χ1v) is 5.35. The van der Waals surface area contributed by atoms with Gasteiger partial charge in [-0.1, -0.05) is 24.3 Å². The lowest BCUT2D eigenvalue weighted by Crippen LogP contribution is -2.39. The summed E-state index contributed by atoms with van der Waals surface area (Å²) in [4.78, 5) is 22.0. The molecule has 16 heavy (non-hydrogen) atoms. The summed E-state index contributed by atoms with van der Waals surface area (Å²) in [7, 11) is 0. The van der Waals surface area contributed by atoms with Crippen LogP contribution < -0.4 is 10.6 Å². The minimum Gasteiger partial charge on any atom is -0.334 e. The molecule has 0 aliphatic carbocycles. The third-order valence-electron chi connectivity index (χ3n) is 2.07. The average Bonchev–Trinajstić information content (AvgIpc) is 2.28. The van der Waals surface area contributed by atoms with Gasteiger partial charge in [0.05, 0.1) is 0 Å². The van der Waals surface area contributed by atoms with E-state index in [1.54, 1.807) is 0 Å². The van der Waals surface area contributed by atoms with Crippen LogP contribution in [0.5, 0.6) is 0 Å². The Hall–Kier alpha value is -1.55.